The van der Waals surface area contributed by atoms with Crippen LogP contribution < -0.4 is 0 Å². The van der Waals surface area contributed by atoms with Gasteiger partial charge >= 0.3 is 0 Å². The van der Waals surface area contributed by atoms with E-state index in [0.717, 1.165) is 21.8 Å². The predicted octanol–water partition coefficient (Wildman–Crippen LogP) is 3.17. The van der Waals surface area contributed by atoms with Crippen LogP contribution in [0.15, 0.2) is 24.4 Å². The summed E-state index contributed by atoms with van der Waals surface area (Å²) in [5.74, 6) is 0. The molecule has 4 heteroatoms. The molecule has 0 aliphatic carbocycles. The van der Waals surface area contributed by atoms with Crippen molar-refractivity contribution < 1.29 is 0 Å². The molecular formula is C11H6ClN3. The fourth-order valence-electron chi connectivity index (χ4n) is 1.87. The highest BCUT2D eigenvalue weighted by atomic mass is 35.5. The molecule has 0 aliphatic heterocycles. The summed E-state index contributed by atoms with van der Waals surface area (Å²) >= 11 is 5.93. The largest absolute Gasteiger partial charge is 0.353 e. The van der Waals surface area contributed by atoms with Crippen molar-refractivity contribution in [1.29, 1.82) is 5.26 Å². The van der Waals surface area contributed by atoms with Crippen molar-refractivity contribution in [1.82, 2.24) is 9.97 Å². The first-order valence-corrected chi connectivity index (χ1v) is 4.86. The number of H-pyrrole nitrogens is 2. The van der Waals surface area contributed by atoms with E-state index in [1.807, 2.05) is 18.2 Å². The van der Waals surface area contributed by atoms with Crippen LogP contribution in [0.5, 0.6) is 0 Å². The topological polar surface area (TPSA) is 55.4 Å². The van der Waals surface area contributed by atoms with Gasteiger partial charge in [-0.05, 0) is 18.2 Å². The van der Waals surface area contributed by atoms with Gasteiger partial charge in [0.25, 0.3) is 0 Å². The van der Waals surface area contributed by atoms with E-state index in [2.05, 4.69) is 16.0 Å². The maximum atomic E-state index is 8.94. The van der Waals surface area contributed by atoms with Gasteiger partial charge in [0, 0.05) is 27.5 Å². The van der Waals surface area contributed by atoms with E-state index < -0.39 is 0 Å². The van der Waals surface area contributed by atoms with Crippen molar-refractivity contribution in [3.05, 3.63) is 35.1 Å². The van der Waals surface area contributed by atoms with E-state index in [1.54, 1.807) is 6.20 Å². The van der Waals surface area contributed by atoms with Gasteiger partial charge in [0.2, 0.25) is 0 Å². The average Bonchev–Trinajstić information content (AvgIpc) is 2.76. The van der Waals surface area contributed by atoms with Gasteiger partial charge in [-0.25, -0.2) is 0 Å². The Morgan fingerprint density at radius 1 is 1.27 bits per heavy atom. The molecule has 72 valence electrons. The van der Waals surface area contributed by atoms with Crippen LogP contribution >= 0.6 is 11.6 Å². The molecule has 2 aromatic heterocycles. The molecule has 2 heterocycles. The number of nitriles is 1. The van der Waals surface area contributed by atoms with Crippen molar-refractivity contribution in [2.45, 2.75) is 0 Å². The molecule has 0 fully saturated rings. The minimum Gasteiger partial charge on any atom is -0.353 e. The smallest absolute Gasteiger partial charge is 0.127 e. The zero-order valence-corrected chi connectivity index (χ0v) is 8.39. The Morgan fingerprint density at radius 3 is 2.93 bits per heavy atom. The average molecular weight is 216 g/mol. The normalized spacial score (nSPS) is 10.9. The lowest BCUT2D eigenvalue weighted by molar-refractivity contribution is 1.34. The SMILES string of the molecule is N#Cc1[nH]cc2[nH]c3ccc(Cl)cc3c12. The van der Waals surface area contributed by atoms with E-state index in [9.17, 15) is 0 Å². The second-order valence-corrected chi connectivity index (χ2v) is 3.82. The molecule has 0 saturated heterocycles. The van der Waals surface area contributed by atoms with Gasteiger partial charge in [-0.2, -0.15) is 5.26 Å². The van der Waals surface area contributed by atoms with Crippen molar-refractivity contribution >= 4 is 33.4 Å². The van der Waals surface area contributed by atoms with Gasteiger partial charge in [0.05, 0.1) is 5.52 Å². The summed E-state index contributed by atoms with van der Waals surface area (Å²) in [6.07, 6.45) is 1.79. The van der Waals surface area contributed by atoms with Crippen LogP contribution in [0.2, 0.25) is 5.02 Å². The molecule has 3 nitrogen and oxygen atoms in total. The monoisotopic (exact) mass is 215 g/mol. The Labute approximate surface area is 90.3 Å². The summed E-state index contributed by atoms with van der Waals surface area (Å²) in [7, 11) is 0. The molecule has 0 amide bonds. The Morgan fingerprint density at radius 2 is 2.13 bits per heavy atom. The fraction of sp³-hybridized carbons (Fsp3) is 0. The van der Waals surface area contributed by atoms with Crippen LogP contribution in [0.3, 0.4) is 0 Å². The molecule has 0 saturated carbocycles. The van der Waals surface area contributed by atoms with Crippen LogP contribution in [0.1, 0.15) is 5.69 Å². The highest BCUT2D eigenvalue weighted by Gasteiger charge is 2.10. The van der Waals surface area contributed by atoms with Gasteiger partial charge in [0.15, 0.2) is 0 Å². The highest BCUT2D eigenvalue weighted by Crippen LogP contribution is 2.29. The third-order valence-corrected chi connectivity index (χ3v) is 2.75. The first-order valence-electron chi connectivity index (χ1n) is 4.48. The van der Waals surface area contributed by atoms with Gasteiger partial charge in [0.1, 0.15) is 11.8 Å². The number of hydrogen-bond donors (Lipinski definition) is 2. The van der Waals surface area contributed by atoms with E-state index >= 15 is 0 Å². The number of aromatic amines is 2. The zero-order chi connectivity index (χ0) is 10.4. The summed E-state index contributed by atoms with van der Waals surface area (Å²) in [4.78, 5) is 6.14. The number of hydrogen-bond acceptors (Lipinski definition) is 1. The quantitative estimate of drug-likeness (QED) is 0.595. The number of halogens is 1. The van der Waals surface area contributed by atoms with E-state index in [4.69, 9.17) is 16.9 Å². The lowest BCUT2D eigenvalue weighted by Gasteiger charge is -1.91. The molecule has 0 aliphatic rings. The van der Waals surface area contributed by atoms with Gasteiger partial charge < -0.3 is 9.97 Å². The number of nitrogens with one attached hydrogen (secondary N) is 2. The summed E-state index contributed by atoms with van der Waals surface area (Å²) in [6.45, 7) is 0. The maximum absolute atomic E-state index is 8.94. The van der Waals surface area contributed by atoms with Crippen LogP contribution in [0.25, 0.3) is 21.8 Å². The predicted molar refractivity (Wildman–Crippen MR) is 59.9 cm³/mol. The van der Waals surface area contributed by atoms with Crippen LogP contribution in [0, 0.1) is 11.3 Å². The second-order valence-electron chi connectivity index (χ2n) is 3.38. The zero-order valence-electron chi connectivity index (χ0n) is 7.63. The Hall–Kier alpha value is -1.92. The molecule has 0 unspecified atom stereocenters. The summed E-state index contributed by atoms with van der Waals surface area (Å²) < 4.78 is 0. The first-order chi connectivity index (χ1) is 7.29. The minimum atomic E-state index is 0.568. The first kappa shape index (κ1) is 8.39. The maximum Gasteiger partial charge on any atom is 0.127 e. The third-order valence-electron chi connectivity index (χ3n) is 2.51. The molecule has 3 rings (SSSR count). The second kappa shape index (κ2) is 2.78. The van der Waals surface area contributed by atoms with Gasteiger partial charge in [-0.15, -0.1) is 0 Å². The van der Waals surface area contributed by atoms with E-state index in [1.165, 1.54) is 0 Å². The number of nitrogens with zero attached hydrogens (tertiary/aromatic N) is 1. The molecule has 0 atom stereocenters. The Bertz CT molecular complexity index is 700. The van der Waals surface area contributed by atoms with Crippen molar-refractivity contribution in [2.24, 2.45) is 0 Å². The summed E-state index contributed by atoms with van der Waals surface area (Å²) in [5, 5.41) is 11.5. The third kappa shape index (κ3) is 1.06. The summed E-state index contributed by atoms with van der Waals surface area (Å²) in [6, 6.07) is 7.74. The van der Waals surface area contributed by atoms with Crippen molar-refractivity contribution in [3.63, 3.8) is 0 Å². The molecule has 3 aromatic rings. The number of rotatable bonds is 0. The summed E-state index contributed by atoms with van der Waals surface area (Å²) in [5.41, 5.74) is 2.50. The molecule has 0 bridgehead atoms. The highest BCUT2D eigenvalue weighted by molar-refractivity contribution is 6.31. The Kier molecular flexibility index (Phi) is 1.56. The van der Waals surface area contributed by atoms with Crippen molar-refractivity contribution in [3.8, 4) is 6.07 Å². The standard InChI is InChI=1S/C11H6ClN3/c12-6-1-2-8-7(3-6)11-9(4-13)14-5-10(11)15-8/h1-3,5,14-15H. The van der Waals surface area contributed by atoms with Gasteiger partial charge in [-0.1, -0.05) is 11.6 Å². The number of benzene rings is 1. The molecule has 0 radical (unpaired) electrons. The lowest BCUT2D eigenvalue weighted by Crippen LogP contribution is -1.73. The molecule has 15 heavy (non-hydrogen) atoms. The lowest BCUT2D eigenvalue weighted by atomic mass is 10.2. The van der Waals surface area contributed by atoms with Gasteiger partial charge in [-0.3, -0.25) is 0 Å². The fourth-order valence-corrected chi connectivity index (χ4v) is 2.04. The minimum absolute atomic E-state index is 0.568. The van der Waals surface area contributed by atoms with E-state index in [0.29, 0.717) is 10.7 Å². The van der Waals surface area contributed by atoms with Crippen molar-refractivity contribution in [2.75, 3.05) is 0 Å². The van der Waals surface area contributed by atoms with E-state index in [-0.39, 0.29) is 0 Å². The molecule has 2 N–H and O–H groups in total. The van der Waals surface area contributed by atoms with Crippen LogP contribution in [-0.4, -0.2) is 9.97 Å². The Balaban J connectivity index is 2.59. The van der Waals surface area contributed by atoms with Crippen LogP contribution in [0.4, 0.5) is 0 Å². The number of fused-ring (bicyclic) bond motifs is 3. The van der Waals surface area contributed by atoms with Crippen LogP contribution in [-0.2, 0) is 0 Å². The molecule has 0 spiro atoms. The number of aromatic nitrogens is 2. The molecular weight excluding hydrogens is 210 g/mol. The molecule has 1 aromatic carbocycles.